The standard InChI is InChI=1S/C13H28N2O2Si/c1-13(2,3)17-12(16)15-9-8-14(4)10-11(15)18(5,6)7/h11H,8-10H2,1-7H3. The summed E-state index contributed by atoms with van der Waals surface area (Å²) in [7, 11) is 0.709. The van der Waals surface area contributed by atoms with E-state index < -0.39 is 13.7 Å². The van der Waals surface area contributed by atoms with Gasteiger partial charge in [0.1, 0.15) is 5.60 Å². The molecule has 0 aromatic carbocycles. The Kier molecular flexibility index (Phi) is 4.49. The second kappa shape index (κ2) is 5.21. The second-order valence-corrected chi connectivity index (χ2v) is 12.7. The third kappa shape index (κ3) is 4.28. The number of ether oxygens (including phenoxy) is 1. The lowest BCUT2D eigenvalue weighted by Crippen LogP contribution is -2.63. The van der Waals surface area contributed by atoms with Crippen molar-refractivity contribution in [2.45, 2.75) is 51.7 Å². The van der Waals surface area contributed by atoms with Gasteiger partial charge in [0.2, 0.25) is 0 Å². The number of rotatable bonds is 1. The summed E-state index contributed by atoms with van der Waals surface area (Å²) in [6.07, 6.45) is -0.150. The highest BCUT2D eigenvalue weighted by atomic mass is 28.3. The Morgan fingerprint density at radius 2 is 1.78 bits per heavy atom. The van der Waals surface area contributed by atoms with E-state index in [1.165, 1.54) is 0 Å². The molecular weight excluding hydrogens is 244 g/mol. The fourth-order valence-electron chi connectivity index (χ4n) is 2.20. The quantitative estimate of drug-likeness (QED) is 0.687. The van der Waals surface area contributed by atoms with E-state index in [1.807, 2.05) is 25.7 Å². The summed E-state index contributed by atoms with van der Waals surface area (Å²) >= 11 is 0. The van der Waals surface area contributed by atoms with Crippen molar-refractivity contribution in [2.75, 3.05) is 26.7 Å². The highest BCUT2D eigenvalue weighted by molar-refractivity contribution is 6.77. The topological polar surface area (TPSA) is 32.8 Å². The fraction of sp³-hybridized carbons (Fsp3) is 0.923. The van der Waals surface area contributed by atoms with Crippen molar-refractivity contribution in [2.24, 2.45) is 0 Å². The maximum atomic E-state index is 12.3. The average molecular weight is 272 g/mol. The van der Waals surface area contributed by atoms with Gasteiger partial charge in [-0.15, -0.1) is 0 Å². The third-order valence-electron chi connectivity index (χ3n) is 3.21. The van der Waals surface area contributed by atoms with E-state index >= 15 is 0 Å². The molecule has 0 aromatic heterocycles. The second-order valence-electron chi connectivity index (χ2n) is 7.32. The molecule has 0 saturated carbocycles. The zero-order valence-corrected chi connectivity index (χ0v) is 13.9. The molecule has 0 spiro atoms. The summed E-state index contributed by atoms with van der Waals surface area (Å²) in [6, 6.07) is 0. The van der Waals surface area contributed by atoms with E-state index in [0.29, 0.717) is 5.67 Å². The lowest BCUT2D eigenvalue weighted by atomic mass is 10.2. The molecule has 1 atom stereocenters. The van der Waals surface area contributed by atoms with Gasteiger partial charge in [-0.2, -0.15) is 0 Å². The maximum Gasteiger partial charge on any atom is 0.410 e. The van der Waals surface area contributed by atoms with Crippen LogP contribution in [-0.2, 0) is 4.74 Å². The van der Waals surface area contributed by atoms with Crippen molar-refractivity contribution < 1.29 is 9.53 Å². The van der Waals surface area contributed by atoms with E-state index in [4.69, 9.17) is 4.74 Å². The first-order valence-corrected chi connectivity index (χ1v) is 10.3. The monoisotopic (exact) mass is 272 g/mol. The van der Waals surface area contributed by atoms with Crippen LogP contribution in [0.4, 0.5) is 4.79 Å². The Bertz CT molecular complexity index is 307. The van der Waals surface area contributed by atoms with Crippen LogP contribution in [0.5, 0.6) is 0 Å². The normalized spacial score (nSPS) is 23.1. The number of piperazine rings is 1. The minimum Gasteiger partial charge on any atom is -0.444 e. The molecular formula is C13H28N2O2Si. The van der Waals surface area contributed by atoms with E-state index in [0.717, 1.165) is 19.6 Å². The summed E-state index contributed by atoms with van der Waals surface area (Å²) in [5.41, 5.74) is -0.0733. The van der Waals surface area contributed by atoms with E-state index in [1.54, 1.807) is 0 Å². The third-order valence-corrected chi connectivity index (χ3v) is 5.70. The summed E-state index contributed by atoms with van der Waals surface area (Å²) in [5.74, 6) is 0. The molecule has 4 nitrogen and oxygen atoms in total. The van der Waals surface area contributed by atoms with Crippen molar-refractivity contribution in [3.63, 3.8) is 0 Å². The van der Waals surface area contributed by atoms with Gasteiger partial charge in [0.25, 0.3) is 0 Å². The molecule has 0 radical (unpaired) electrons. The van der Waals surface area contributed by atoms with Crippen molar-refractivity contribution >= 4 is 14.2 Å². The molecule has 0 N–H and O–H groups in total. The van der Waals surface area contributed by atoms with Gasteiger partial charge in [-0.3, -0.25) is 0 Å². The zero-order chi connectivity index (χ0) is 14.1. The van der Waals surface area contributed by atoms with Gasteiger partial charge < -0.3 is 14.5 Å². The largest absolute Gasteiger partial charge is 0.444 e. The Balaban J connectivity index is 2.81. The lowest BCUT2D eigenvalue weighted by molar-refractivity contribution is 0.0105. The van der Waals surface area contributed by atoms with Gasteiger partial charge in [-0.1, -0.05) is 19.6 Å². The molecule has 0 aliphatic carbocycles. The highest BCUT2D eigenvalue weighted by Crippen LogP contribution is 2.22. The number of hydrogen-bond donors (Lipinski definition) is 0. The van der Waals surface area contributed by atoms with E-state index in [-0.39, 0.29) is 6.09 Å². The minimum atomic E-state index is -1.42. The predicted molar refractivity (Wildman–Crippen MR) is 77.6 cm³/mol. The molecule has 1 saturated heterocycles. The molecule has 1 fully saturated rings. The molecule has 106 valence electrons. The van der Waals surface area contributed by atoms with E-state index in [9.17, 15) is 4.79 Å². The Hall–Kier alpha value is -0.553. The molecule has 1 unspecified atom stereocenters. The first kappa shape index (κ1) is 15.5. The summed E-state index contributed by atoms with van der Waals surface area (Å²) < 4.78 is 5.53. The van der Waals surface area contributed by atoms with Gasteiger partial charge in [-0.05, 0) is 27.8 Å². The first-order chi connectivity index (χ1) is 8.00. The highest BCUT2D eigenvalue weighted by Gasteiger charge is 2.39. The molecule has 1 aliphatic rings. The van der Waals surface area contributed by atoms with Crippen LogP contribution >= 0.6 is 0 Å². The van der Waals surface area contributed by atoms with Crippen molar-refractivity contribution in [3.05, 3.63) is 0 Å². The molecule has 1 amide bonds. The minimum absolute atomic E-state index is 0.150. The van der Waals surface area contributed by atoms with Gasteiger partial charge in [0.15, 0.2) is 0 Å². The van der Waals surface area contributed by atoms with Gasteiger partial charge in [0, 0.05) is 25.3 Å². The fourth-order valence-corrected chi connectivity index (χ4v) is 4.23. The van der Waals surface area contributed by atoms with Gasteiger partial charge in [0.05, 0.1) is 8.07 Å². The Morgan fingerprint density at radius 1 is 1.22 bits per heavy atom. The smallest absolute Gasteiger partial charge is 0.410 e. The van der Waals surface area contributed by atoms with Crippen molar-refractivity contribution in [1.29, 1.82) is 0 Å². The number of hydrogen-bond acceptors (Lipinski definition) is 3. The molecule has 0 bridgehead atoms. The number of carbonyl (C=O) groups is 1. The van der Waals surface area contributed by atoms with Crippen LogP contribution in [0.2, 0.25) is 19.6 Å². The van der Waals surface area contributed by atoms with Crippen LogP contribution in [0.25, 0.3) is 0 Å². The summed E-state index contributed by atoms with van der Waals surface area (Å²) in [4.78, 5) is 16.6. The molecule has 5 heteroatoms. The Labute approximate surface area is 112 Å². The van der Waals surface area contributed by atoms with Crippen LogP contribution in [0.1, 0.15) is 20.8 Å². The summed E-state index contributed by atoms with van der Waals surface area (Å²) in [5, 5.41) is 0. The maximum absolute atomic E-state index is 12.3. The van der Waals surface area contributed by atoms with Crippen LogP contribution in [-0.4, -0.2) is 61.9 Å². The van der Waals surface area contributed by atoms with Crippen LogP contribution in [0.15, 0.2) is 0 Å². The molecule has 18 heavy (non-hydrogen) atoms. The van der Waals surface area contributed by atoms with Crippen LogP contribution < -0.4 is 0 Å². The molecule has 1 aliphatic heterocycles. The average Bonchev–Trinajstić information content (AvgIpc) is 2.13. The van der Waals surface area contributed by atoms with E-state index in [2.05, 4.69) is 31.6 Å². The molecule has 1 heterocycles. The van der Waals surface area contributed by atoms with Gasteiger partial charge in [-0.25, -0.2) is 4.79 Å². The summed E-state index contributed by atoms with van der Waals surface area (Å²) in [6.45, 7) is 15.4. The van der Waals surface area contributed by atoms with Crippen molar-refractivity contribution in [1.82, 2.24) is 9.80 Å². The van der Waals surface area contributed by atoms with Crippen LogP contribution in [0, 0.1) is 0 Å². The molecule has 1 rings (SSSR count). The number of carbonyl (C=O) groups excluding carboxylic acids is 1. The SMILES string of the molecule is CN1CCN(C(=O)OC(C)(C)C)C([Si](C)(C)C)C1. The lowest BCUT2D eigenvalue weighted by Gasteiger charge is -2.45. The first-order valence-electron chi connectivity index (χ1n) is 6.69. The zero-order valence-electron chi connectivity index (χ0n) is 12.9. The predicted octanol–water partition coefficient (Wildman–Crippen LogP) is 2.41. The van der Waals surface area contributed by atoms with Crippen LogP contribution in [0.3, 0.4) is 0 Å². The van der Waals surface area contributed by atoms with Gasteiger partial charge >= 0.3 is 6.09 Å². The Morgan fingerprint density at radius 3 is 2.22 bits per heavy atom. The molecule has 0 aromatic rings. The number of nitrogens with zero attached hydrogens (tertiary/aromatic N) is 2. The number of likely N-dealkylation sites (N-methyl/N-ethyl adjacent to an activating group) is 1. The number of amides is 1. The van der Waals surface area contributed by atoms with Crippen molar-refractivity contribution in [3.8, 4) is 0 Å².